The van der Waals surface area contributed by atoms with Crippen LogP contribution in [0.3, 0.4) is 0 Å². The molecular weight excluding hydrogens is 276 g/mol. The molecule has 1 aromatic heterocycles. The number of ether oxygens (including phenoxy) is 1. The fourth-order valence-corrected chi connectivity index (χ4v) is 2.74. The summed E-state index contributed by atoms with van der Waals surface area (Å²) in [5.74, 6) is 1.94. The van der Waals surface area contributed by atoms with Crippen molar-refractivity contribution in [3.63, 3.8) is 0 Å². The highest BCUT2D eigenvalue weighted by atomic mass is 35.5. The number of anilines is 1. The van der Waals surface area contributed by atoms with E-state index in [2.05, 4.69) is 27.2 Å². The SMILES string of the molecule is CCCOc1nc(Cl)nc(NCC2CCCCC2C)n1. The largest absolute Gasteiger partial charge is 0.463 e. The maximum Gasteiger partial charge on any atom is 0.322 e. The van der Waals surface area contributed by atoms with Crippen molar-refractivity contribution in [2.75, 3.05) is 18.5 Å². The highest BCUT2D eigenvalue weighted by Crippen LogP contribution is 2.29. The lowest BCUT2D eigenvalue weighted by Gasteiger charge is -2.28. The first-order valence-corrected chi connectivity index (χ1v) is 7.85. The van der Waals surface area contributed by atoms with Crippen LogP contribution in [0.15, 0.2) is 0 Å². The highest BCUT2D eigenvalue weighted by molar-refractivity contribution is 6.28. The van der Waals surface area contributed by atoms with Crippen molar-refractivity contribution in [2.45, 2.75) is 46.0 Å². The Labute approximate surface area is 125 Å². The molecule has 0 aliphatic heterocycles. The Morgan fingerprint density at radius 2 is 2.05 bits per heavy atom. The molecule has 1 saturated carbocycles. The number of halogens is 1. The number of nitrogens with zero attached hydrogens (tertiary/aromatic N) is 3. The fraction of sp³-hybridized carbons (Fsp3) is 0.786. The maximum atomic E-state index is 5.90. The smallest absolute Gasteiger partial charge is 0.322 e. The summed E-state index contributed by atoms with van der Waals surface area (Å²) in [6, 6.07) is 0.297. The molecule has 2 rings (SSSR count). The van der Waals surface area contributed by atoms with E-state index in [1.807, 2.05) is 6.92 Å². The summed E-state index contributed by atoms with van der Waals surface area (Å²) in [4.78, 5) is 12.3. The molecule has 2 unspecified atom stereocenters. The van der Waals surface area contributed by atoms with Gasteiger partial charge in [0.1, 0.15) is 0 Å². The Kier molecular flexibility index (Phi) is 5.83. The van der Waals surface area contributed by atoms with Crippen LogP contribution in [-0.4, -0.2) is 28.1 Å². The molecule has 5 nitrogen and oxygen atoms in total. The summed E-state index contributed by atoms with van der Waals surface area (Å²) < 4.78 is 5.40. The normalized spacial score (nSPS) is 22.6. The molecule has 1 aliphatic rings. The molecule has 0 amide bonds. The average molecular weight is 299 g/mol. The predicted molar refractivity (Wildman–Crippen MR) is 80.2 cm³/mol. The minimum atomic E-state index is 0.172. The van der Waals surface area contributed by atoms with Crippen molar-refractivity contribution in [2.24, 2.45) is 11.8 Å². The van der Waals surface area contributed by atoms with Gasteiger partial charge in [-0.3, -0.25) is 0 Å². The van der Waals surface area contributed by atoms with E-state index in [1.165, 1.54) is 25.7 Å². The standard InChI is InChI=1S/C14H23ClN4O/c1-3-8-20-14-18-12(15)17-13(19-14)16-9-11-7-5-4-6-10(11)2/h10-11H,3-9H2,1-2H3,(H,16,17,18,19). The maximum absolute atomic E-state index is 5.90. The molecule has 0 saturated heterocycles. The third-order valence-electron chi connectivity index (χ3n) is 3.83. The second kappa shape index (κ2) is 7.62. The minimum absolute atomic E-state index is 0.172. The van der Waals surface area contributed by atoms with Crippen molar-refractivity contribution in [3.05, 3.63) is 5.28 Å². The van der Waals surface area contributed by atoms with E-state index in [0.717, 1.165) is 18.9 Å². The lowest BCUT2D eigenvalue weighted by molar-refractivity contribution is 0.268. The van der Waals surface area contributed by atoms with Crippen LogP contribution in [-0.2, 0) is 0 Å². The summed E-state index contributed by atoms with van der Waals surface area (Å²) in [5.41, 5.74) is 0. The number of rotatable bonds is 6. The topological polar surface area (TPSA) is 59.9 Å². The Hall–Kier alpha value is -1.10. The molecule has 1 aromatic rings. The van der Waals surface area contributed by atoms with Crippen LogP contribution in [0.4, 0.5) is 5.95 Å². The summed E-state index contributed by atoms with van der Waals surface area (Å²) in [6.45, 7) is 5.82. The Morgan fingerprint density at radius 3 is 2.80 bits per heavy atom. The molecule has 0 aromatic carbocycles. The molecule has 1 aliphatic carbocycles. The summed E-state index contributed by atoms with van der Waals surface area (Å²) >= 11 is 5.90. The highest BCUT2D eigenvalue weighted by Gasteiger charge is 2.21. The van der Waals surface area contributed by atoms with Crippen molar-refractivity contribution in [1.29, 1.82) is 0 Å². The number of hydrogen-bond acceptors (Lipinski definition) is 5. The zero-order valence-corrected chi connectivity index (χ0v) is 13.0. The third kappa shape index (κ3) is 4.47. The van der Waals surface area contributed by atoms with E-state index in [-0.39, 0.29) is 5.28 Å². The fourth-order valence-electron chi connectivity index (χ4n) is 2.59. The molecule has 1 N–H and O–H groups in total. The van der Waals surface area contributed by atoms with Crippen molar-refractivity contribution >= 4 is 17.5 Å². The van der Waals surface area contributed by atoms with Crippen LogP contribution < -0.4 is 10.1 Å². The van der Waals surface area contributed by atoms with E-state index >= 15 is 0 Å². The summed E-state index contributed by atoms with van der Waals surface area (Å²) in [7, 11) is 0. The third-order valence-corrected chi connectivity index (χ3v) is 4.00. The molecule has 20 heavy (non-hydrogen) atoms. The van der Waals surface area contributed by atoms with Gasteiger partial charge in [-0.1, -0.05) is 33.1 Å². The van der Waals surface area contributed by atoms with E-state index in [1.54, 1.807) is 0 Å². The molecule has 2 atom stereocenters. The number of nitrogens with one attached hydrogen (secondary N) is 1. The van der Waals surface area contributed by atoms with E-state index < -0.39 is 0 Å². The molecule has 1 fully saturated rings. The monoisotopic (exact) mass is 298 g/mol. The number of aromatic nitrogens is 3. The van der Waals surface area contributed by atoms with Crippen LogP contribution in [0.1, 0.15) is 46.0 Å². The van der Waals surface area contributed by atoms with Crippen LogP contribution >= 0.6 is 11.6 Å². The Balaban J connectivity index is 1.92. The van der Waals surface area contributed by atoms with Crippen molar-refractivity contribution < 1.29 is 4.74 Å². The van der Waals surface area contributed by atoms with Gasteiger partial charge in [0.25, 0.3) is 0 Å². The van der Waals surface area contributed by atoms with Crippen LogP contribution in [0.5, 0.6) is 6.01 Å². The van der Waals surface area contributed by atoms with Crippen molar-refractivity contribution in [1.82, 2.24) is 15.0 Å². The van der Waals surface area contributed by atoms with Gasteiger partial charge in [0.15, 0.2) is 0 Å². The molecular formula is C14H23ClN4O. The van der Waals surface area contributed by atoms with E-state index in [4.69, 9.17) is 16.3 Å². The molecule has 0 spiro atoms. The van der Waals surface area contributed by atoms with Gasteiger partial charge in [0.05, 0.1) is 6.61 Å². The van der Waals surface area contributed by atoms with Gasteiger partial charge in [-0.05, 0) is 36.3 Å². The van der Waals surface area contributed by atoms with E-state index in [9.17, 15) is 0 Å². The van der Waals surface area contributed by atoms with E-state index in [0.29, 0.717) is 24.5 Å². The molecule has 0 radical (unpaired) electrons. The quantitative estimate of drug-likeness (QED) is 0.870. The lowest BCUT2D eigenvalue weighted by Crippen LogP contribution is -2.25. The zero-order valence-electron chi connectivity index (χ0n) is 12.2. The lowest BCUT2D eigenvalue weighted by atomic mass is 9.80. The van der Waals surface area contributed by atoms with Gasteiger partial charge in [-0.15, -0.1) is 0 Å². The van der Waals surface area contributed by atoms with Gasteiger partial charge in [-0.2, -0.15) is 15.0 Å². The van der Waals surface area contributed by atoms with Crippen LogP contribution in [0.2, 0.25) is 5.28 Å². The Bertz CT molecular complexity index is 430. The van der Waals surface area contributed by atoms with Crippen LogP contribution in [0.25, 0.3) is 0 Å². The van der Waals surface area contributed by atoms with Gasteiger partial charge >= 0.3 is 6.01 Å². The Morgan fingerprint density at radius 1 is 1.25 bits per heavy atom. The zero-order chi connectivity index (χ0) is 14.4. The van der Waals surface area contributed by atoms with Gasteiger partial charge < -0.3 is 10.1 Å². The molecule has 1 heterocycles. The van der Waals surface area contributed by atoms with Crippen LogP contribution in [0, 0.1) is 11.8 Å². The minimum Gasteiger partial charge on any atom is -0.463 e. The molecule has 0 bridgehead atoms. The van der Waals surface area contributed by atoms with Gasteiger partial charge in [0, 0.05) is 6.54 Å². The second-order valence-electron chi connectivity index (χ2n) is 5.46. The summed E-state index contributed by atoms with van der Waals surface area (Å²) in [6.07, 6.45) is 6.16. The number of hydrogen-bond donors (Lipinski definition) is 1. The average Bonchev–Trinajstić information content (AvgIpc) is 2.44. The predicted octanol–water partition coefficient (Wildman–Crippen LogP) is 3.55. The van der Waals surface area contributed by atoms with Gasteiger partial charge in [0.2, 0.25) is 11.2 Å². The first-order valence-electron chi connectivity index (χ1n) is 7.47. The molecule has 6 heteroatoms. The molecule has 112 valence electrons. The second-order valence-corrected chi connectivity index (χ2v) is 5.80. The first-order chi connectivity index (χ1) is 9.69. The summed E-state index contributed by atoms with van der Waals surface area (Å²) in [5, 5.41) is 3.45. The van der Waals surface area contributed by atoms with Crippen molar-refractivity contribution in [3.8, 4) is 6.01 Å². The first kappa shape index (κ1) is 15.3. The van der Waals surface area contributed by atoms with Gasteiger partial charge in [-0.25, -0.2) is 0 Å².